The summed E-state index contributed by atoms with van der Waals surface area (Å²) in [6, 6.07) is 5.86. The fraction of sp³-hybridized carbons (Fsp3) is 0.474. The van der Waals surface area contributed by atoms with Crippen molar-refractivity contribution in [3.63, 3.8) is 0 Å². The van der Waals surface area contributed by atoms with Gasteiger partial charge in [-0.2, -0.15) is 0 Å². The van der Waals surface area contributed by atoms with Gasteiger partial charge < -0.3 is 14.7 Å². The van der Waals surface area contributed by atoms with Crippen molar-refractivity contribution in [2.24, 2.45) is 5.92 Å². The van der Waals surface area contributed by atoms with Gasteiger partial charge in [0.1, 0.15) is 6.54 Å². The first-order valence-electron chi connectivity index (χ1n) is 8.79. The third-order valence-corrected chi connectivity index (χ3v) is 4.69. The van der Waals surface area contributed by atoms with Crippen molar-refractivity contribution in [1.29, 1.82) is 0 Å². The highest BCUT2D eigenvalue weighted by Crippen LogP contribution is 2.22. The number of hydrogen-bond acceptors (Lipinski definition) is 6. The van der Waals surface area contributed by atoms with Crippen molar-refractivity contribution in [2.45, 2.75) is 26.3 Å². The van der Waals surface area contributed by atoms with Crippen LogP contribution in [0.25, 0.3) is 0 Å². The van der Waals surface area contributed by atoms with Crippen LogP contribution >= 0.6 is 0 Å². The number of aliphatic hydroxyl groups is 1. The number of methoxy groups -OCH3 is 1. The van der Waals surface area contributed by atoms with E-state index in [1.165, 1.54) is 12.0 Å². The Kier molecular flexibility index (Phi) is 6.68. The Balaban J connectivity index is 2.20. The first-order valence-corrected chi connectivity index (χ1v) is 8.79. The highest BCUT2D eigenvalue weighted by atomic mass is 16.5. The smallest absolute Gasteiger partial charge is 0.310 e. The van der Waals surface area contributed by atoms with Crippen LogP contribution in [0.1, 0.15) is 41.0 Å². The molecule has 3 amide bonds. The van der Waals surface area contributed by atoms with Crippen LogP contribution in [0, 0.1) is 5.92 Å². The van der Waals surface area contributed by atoms with Crippen molar-refractivity contribution in [3.05, 3.63) is 35.4 Å². The molecule has 0 fully saturated rings. The van der Waals surface area contributed by atoms with Crippen molar-refractivity contribution in [3.8, 4) is 0 Å². The summed E-state index contributed by atoms with van der Waals surface area (Å²) in [5, 5.41) is 9.60. The predicted molar refractivity (Wildman–Crippen MR) is 95.9 cm³/mol. The van der Waals surface area contributed by atoms with E-state index < -0.39 is 42.2 Å². The van der Waals surface area contributed by atoms with Gasteiger partial charge in [0.15, 0.2) is 0 Å². The monoisotopic (exact) mass is 376 g/mol. The zero-order valence-electron chi connectivity index (χ0n) is 15.7. The molecule has 2 unspecified atom stereocenters. The van der Waals surface area contributed by atoms with Gasteiger partial charge in [-0.3, -0.25) is 24.1 Å². The average molecular weight is 376 g/mol. The van der Waals surface area contributed by atoms with Gasteiger partial charge in [-0.05, 0) is 18.6 Å². The normalized spacial score (nSPS) is 15.3. The fourth-order valence-corrected chi connectivity index (χ4v) is 3.08. The zero-order chi connectivity index (χ0) is 20.1. The van der Waals surface area contributed by atoms with E-state index in [1.54, 1.807) is 38.1 Å². The molecule has 0 bridgehead atoms. The molecule has 1 aromatic rings. The number of nitrogens with zero attached hydrogens (tertiary/aromatic N) is 2. The summed E-state index contributed by atoms with van der Waals surface area (Å²) in [7, 11) is 1.26. The molecule has 0 aromatic heterocycles. The number of hydrogen-bond donors (Lipinski definition) is 1. The van der Waals surface area contributed by atoms with Crippen LogP contribution < -0.4 is 0 Å². The van der Waals surface area contributed by atoms with Crippen molar-refractivity contribution in [1.82, 2.24) is 9.80 Å². The molecule has 1 N–H and O–H groups in total. The molecule has 1 aromatic carbocycles. The molecule has 0 radical (unpaired) electrons. The summed E-state index contributed by atoms with van der Waals surface area (Å²) in [6.07, 6.45) is 0.457. The predicted octanol–water partition coefficient (Wildman–Crippen LogP) is 0.691. The molecule has 146 valence electrons. The molecule has 0 saturated carbocycles. The highest BCUT2D eigenvalue weighted by Gasteiger charge is 2.38. The molecular formula is C19H24N2O6. The third kappa shape index (κ3) is 4.16. The molecule has 0 aliphatic carbocycles. The molecule has 27 heavy (non-hydrogen) atoms. The second-order valence-corrected chi connectivity index (χ2v) is 6.46. The number of ether oxygens (including phenoxy) is 1. The molecule has 1 aliphatic heterocycles. The quantitative estimate of drug-likeness (QED) is 0.529. The summed E-state index contributed by atoms with van der Waals surface area (Å²) in [5.74, 6) is -2.66. The lowest BCUT2D eigenvalue weighted by molar-refractivity contribution is -0.147. The van der Waals surface area contributed by atoms with Crippen LogP contribution in [0.2, 0.25) is 0 Å². The molecular weight excluding hydrogens is 352 g/mol. The molecule has 2 rings (SSSR count). The number of amides is 3. The minimum absolute atomic E-state index is 0.0216. The van der Waals surface area contributed by atoms with Crippen molar-refractivity contribution in [2.75, 3.05) is 26.8 Å². The molecule has 1 aliphatic rings. The molecule has 0 saturated heterocycles. The summed E-state index contributed by atoms with van der Waals surface area (Å²) in [6.45, 7) is 2.69. The lowest BCUT2D eigenvalue weighted by Crippen LogP contribution is -2.50. The van der Waals surface area contributed by atoms with Crippen LogP contribution in [-0.4, -0.2) is 71.4 Å². The van der Waals surface area contributed by atoms with E-state index in [9.17, 15) is 24.3 Å². The number of imide groups is 1. The summed E-state index contributed by atoms with van der Waals surface area (Å²) >= 11 is 0. The van der Waals surface area contributed by atoms with Crippen molar-refractivity contribution < 1.29 is 29.0 Å². The summed E-state index contributed by atoms with van der Waals surface area (Å²) in [5.41, 5.74) is 0.526. The average Bonchev–Trinajstić information content (AvgIpc) is 2.92. The summed E-state index contributed by atoms with van der Waals surface area (Å²) < 4.78 is 4.69. The van der Waals surface area contributed by atoms with Gasteiger partial charge in [0.25, 0.3) is 11.8 Å². The third-order valence-electron chi connectivity index (χ3n) is 4.69. The fourth-order valence-electron chi connectivity index (χ4n) is 3.08. The minimum Gasteiger partial charge on any atom is -0.469 e. The Morgan fingerprint density at radius 3 is 2.19 bits per heavy atom. The Morgan fingerprint density at radius 1 is 1.19 bits per heavy atom. The number of benzene rings is 1. The van der Waals surface area contributed by atoms with E-state index in [2.05, 4.69) is 0 Å². The van der Waals surface area contributed by atoms with Gasteiger partial charge in [-0.25, -0.2) is 0 Å². The van der Waals surface area contributed by atoms with Gasteiger partial charge in [-0.1, -0.05) is 26.0 Å². The zero-order valence-corrected chi connectivity index (χ0v) is 15.7. The maximum Gasteiger partial charge on any atom is 0.310 e. The topological polar surface area (TPSA) is 104 Å². The standard InChI is InChI=1S/C19H24N2O6/c1-4-13(11-22)20(9-12(2)19(26)27-3)16(23)10-21-17(24)14-7-5-6-8-15(14)18(21)25/h5-8,12-13,22H,4,9-11H2,1-3H3. The number of rotatable bonds is 8. The molecule has 2 atom stereocenters. The lowest BCUT2D eigenvalue weighted by Gasteiger charge is -2.32. The highest BCUT2D eigenvalue weighted by molar-refractivity contribution is 6.22. The Labute approximate surface area is 157 Å². The van der Waals surface area contributed by atoms with Crippen molar-refractivity contribution >= 4 is 23.7 Å². The Morgan fingerprint density at radius 2 is 1.74 bits per heavy atom. The first-order chi connectivity index (χ1) is 12.8. The molecule has 0 spiro atoms. The van der Waals surface area contributed by atoms with Crippen LogP contribution in [0.15, 0.2) is 24.3 Å². The van der Waals surface area contributed by atoms with Gasteiger partial charge in [-0.15, -0.1) is 0 Å². The Bertz CT molecular complexity index is 708. The lowest BCUT2D eigenvalue weighted by atomic mass is 10.1. The van der Waals surface area contributed by atoms with Gasteiger partial charge in [0.05, 0.1) is 36.8 Å². The minimum atomic E-state index is -0.610. The number of carbonyl (C=O) groups excluding carboxylic acids is 4. The van der Waals surface area contributed by atoms with Gasteiger partial charge >= 0.3 is 5.97 Å². The van der Waals surface area contributed by atoms with E-state index in [4.69, 9.17) is 4.74 Å². The second-order valence-electron chi connectivity index (χ2n) is 6.46. The van der Waals surface area contributed by atoms with Crippen LogP contribution in [0.5, 0.6) is 0 Å². The largest absolute Gasteiger partial charge is 0.469 e. The van der Waals surface area contributed by atoms with E-state index in [1.807, 2.05) is 0 Å². The van der Waals surface area contributed by atoms with E-state index in [0.29, 0.717) is 6.42 Å². The molecule has 8 heteroatoms. The maximum atomic E-state index is 12.9. The van der Waals surface area contributed by atoms with Crippen LogP contribution in [0.4, 0.5) is 0 Å². The number of fused-ring (bicyclic) bond motifs is 1. The second kappa shape index (κ2) is 8.77. The van der Waals surface area contributed by atoms with Crippen LogP contribution in [0.3, 0.4) is 0 Å². The van der Waals surface area contributed by atoms with Crippen LogP contribution in [-0.2, 0) is 14.3 Å². The van der Waals surface area contributed by atoms with E-state index >= 15 is 0 Å². The SMILES string of the molecule is CCC(CO)N(CC(C)C(=O)OC)C(=O)CN1C(=O)c2ccccc2C1=O. The first kappa shape index (κ1) is 20.6. The summed E-state index contributed by atoms with van der Waals surface area (Å²) in [4.78, 5) is 51.7. The number of aliphatic hydroxyl groups excluding tert-OH is 1. The maximum absolute atomic E-state index is 12.9. The number of esters is 1. The van der Waals surface area contributed by atoms with Gasteiger partial charge in [0, 0.05) is 6.54 Å². The van der Waals surface area contributed by atoms with Gasteiger partial charge in [0.2, 0.25) is 5.91 Å². The Hall–Kier alpha value is -2.74. The van der Waals surface area contributed by atoms with E-state index in [0.717, 1.165) is 4.90 Å². The molecule has 8 nitrogen and oxygen atoms in total. The molecule has 1 heterocycles. The number of carbonyl (C=O) groups is 4. The van der Waals surface area contributed by atoms with E-state index in [-0.39, 0.29) is 24.3 Å².